The molecule has 3 heteroatoms. The second-order valence-electron chi connectivity index (χ2n) is 4.62. The second kappa shape index (κ2) is 4.06. The van der Waals surface area contributed by atoms with Crippen molar-refractivity contribution in [2.24, 2.45) is 0 Å². The van der Waals surface area contributed by atoms with Gasteiger partial charge in [0, 0.05) is 11.0 Å². The number of halogens is 1. The van der Waals surface area contributed by atoms with Crippen molar-refractivity contribution in [3.63, 3.8) is 0 Å². The third-order valence-corrected chi connectivity index (χ3v) is 3.56. The zero-order valence-electron chi connectivity index (χ0n) is 9.72. The van der Waals surface area contributed by atoms with Gasteiger partial charge in [-0.15, -0.1) is 0 Å². The topological polar surface area (TPSA) is 29.5 Å². The number of rotatable bonds is 3. The number of aryl methyl sites for hydroxylation is 1. The van der Waals surface area contributed by atoms with E-state index in [2.05, 4.69) is 0 Å². The Hall–Kier alpha value is -1.09. The third kappa shape index (κ3) is 1.59. The fourth-order valence-corrected chi connectivity index (χ4v) is 2.48. The van der Waals surface area contributed by atoms with Crippen LogP contribution in [-0.4, -0.2) is 18.8 Å². The fraction of sp³-hybridized carbons (Fsp3) is 0.538. The van der Waals surface area contributed by atoms with Crippen molar-refractivity contribution in [3.05, 3.63) is 29.1 Å². The molecule has 2 rings (SSSR count). The molecule has 0 heterocycles. The lowest BCUT2D eigenvalue weighted by Gasteiger charge is -2.41. The van der Waals surface area contributed by atoms with Crippen LogP contribution in [0.5, 0.6) is 5.75 Å². The molecule has 0 bridgehead atoms. The van der Waals surface area contributed by atoms with Crippen molar-refractivity contribution in [2.75, 3.05) is 13.7 Å². The number of aliphatic hydroxyl groups excluding tert-OH is 1. The highest BCUT2D eigenvalue weighted by Gasteiger charge is 2.42. The van der Waals surface area contributed by atoms with Crippen molar-refractivity contribution >= 4 is 0 Å². The first kappa shape index (κ1) is 11.4. The van der Waals surface area contributed by atoms with Crippen LogP contribution in [0.3, 0.4) is 0 Å². The predicted octanol–water partition coefficient (Wildman–Crippen LogP) is 2.56. The van der Waals surface area contributed by atoms with Gasteiger partial charge in [-0.3, -0.25) is 0 Å². The number of aliphatic hydroxyl groups is 1. The second-order valence-corrected chi connectivity index (χ2v) is 4.62. The molecule has 1 aromatic carbocycles. The van der Waals surface area contributed by atoms with Gasteiger partial charge in [-0.2, -0.15) is 0 Å². The molecular formula is C13H17FO2. The Kier molecular flexibility index (Phi) is 2.89. The smallest absolute Gasteiger partial charge is 0.131 e. The van der Waals surface area contributed by atoms with Crippen LogP contribution in [0, 0.1) is 12.7 Å². The standard InChI is InChI=1S/C13H17FO2/c1-9-6-10(14)12(11(7-9)16-2)13(8-15)4-3-5-13/h6-7,15H,3-5,8H2,1-2H3. The van der Waals surface area contributed by atoms with Crippen molar-refractivity contribution in [1.29, 1.82) is 0 Å². The Morgan fingerprint density at radius 3 is 2.56 bits per heavy atom. The van der Waals surface area contributed by atoms with E-state index in [1.54, 1.807) is 7.11 Å². The van der Waals surface area contributed by atoms with E-state index in [9.17, 15) is 9.50 Å². The minimum Gasteiger partial charge on any atom is -0.496 e. The number of benzene rings is 1. The summed E-state index contributed by atoms with van der Waals surface area (Å²) in [6, 6.07) is 3.34. The lowest BCUT2D eigenvalue weighted by Crippen LogP contribution is -2.39. The van der Waals surface area contributed by atoms with Crippen LogP contribution in [-0.2, 0) is 5.41 Å². The molecule has 1 aliphatic rings. The van der Waals surface area contributed by atoms with Crippen LogP contribution in [0.25, 0.3) is 0 Å². The maximum atomic E-state index is 14.0. The van der Waals surface area contributed by atoms with Gasteiger partial charge in [0.1, 0.15) is 11.6 Å². The van der Waals surface area contributed by atoms with Crippen LogP contribution in [0.2, 0.25) is 0 Å². The molecule has 88 valence electrons. The minimum absolute atomic E-state index is 0.0106. The highest BCUT2D eigenvalue weighted by Crippen LogP contribution is 2.48. The average molecular weight is 224 g/mol. The third-order valence-electron chi connectivity index (χ3n) is 3.56. The lowest BCUT2D eigenvalue weighted by molar-refractivity contribution is 0.113. The Balaban J connectivity index is 2.54. The highest BCUT2D eigenvalue weighted by molar-refractivity contribution is 5.45. The summed E-state index contributed by atoms with van der Waals surface area (Å²) in [6.07, 6.45) is 2.71. The number of hydrogen-bond acceptors (Lipinski definition) is 2. The van der Waals surface area contributed by atoms with Crippen LogP contribution in [0.1, 0.15) is 30.4 Å². The van der Waals surface area contributed by atoms with Gasteiger partial charge in [0.2, 0.25) is 0 Å². The first-order chi connectivity index (χ1) is 7.63. The minimum atomic E-state index is -0.414. The van der Waals surface area contributed by atoms with Crippen LogP contribution in [0.15, 0.2) is 12.1 Å². The summed E-state index contributed by atoms with van der Waals surface area (Å²) in [5, 5.41) is 9.48. The molecule has 0 saturated heterocycles. The summed E-state index contributed by atoms with van der Waals surface area (Å²) in [7, 11) is 1.54. The van der Waals surface area contributed by atoms with E-state index in [1.807, 2.05) is 13.0 Å². The first-order valence-corrected chi connectivity index (χ1v) is 5.58. The van der Waals surface area contributed by atoms with E-state index in [1.165, 1.54) is 6.07 Å². The summed E-state index contributed by atoms with van der Waals surface area (Å²) in [5.41, 5.74) is 0.975. The molecule has 2 nitrogen and oxygen atoms in total. The molecule has 0 aromatic heterocycles. The van der Waals surface area contributed by atoms with Gasteiger partial charge in [0.25, 0.3) is 0 Å². The lowest BCUT2D eigenvalue weighted by atomic mass is 9.64. The molecule has 0 radical (unpaired) electrons. The van der Waals surface area contributed by atoms with E-state index in [0.717, 1.165) is 24.8 Å². The van der Waals surface area contributed by atoms with Crippen LogP contribution < -0.4 is 4.74 Å². The van der Waals surface area contributed by atoms with E-state index in [4.69, 9.17) is 4.74 Å². The van der Waals surface area contributed by atoms with E-state index >= 15 is 0 Å². The quantitative estimate of drug-likeness (QED) is 0.855. The zero-order valence-corrected chi connectivity index (χ0v) is 9.72. The Bertz CT molecular complexity index is 392. The first-order valence-electron chi connectivity index (χ1n) is 5.58. The summed E-state index contributed by atoms with van der Waals surface area (Å²) in [6.45, 7) is 1.82. The van der Waals surface area contributed by atoms with Crippen molar-refractivity contribution in [1.82, 2.24) is 0 Å². The number of hydrogen-bond donors (Lipinski definition) is 1. The number of methoxy groups -OCH3 is 1. The average Bonchev–Trinajstić information content (AvgIpc) is 2.19. The molecule has 1 N–H and O–H groups in total. The normalized spacial score (nSPS) is 18.0. The summed E-state index contributed by atoms with van der Waals surface area (Å²) in [5.74, 6) is 0.303. The Morgan fingerprint density at radius 2 is 2.12 bits per heavy atom. The molecule has 0 unspecified atom stereocenters. The summed E-state index contributed by atoms with van der Waals surface area (Å²) in [4.78, 5) is 0. The van der Waals surface area contributed by atoms with Gasteiger partial charge in [0.15, 0.2) is 0 Å². The molecule has 1 saturated carbocycles. The van der Waals surface area contributed by atoms with Crippen molar-refractivity contribution in [3.8, 4) is 5.75 Å². The van der Waals surface area contributed by atoms with Gasteiger partial charge >= 0.3 is 0 Å². The molecule has 0 spiro atoms. The summed E-state index contributed by atoms with van der Waals surface area (Å²) < 4.78 is 19.2. The van der Waals surface area contributed by atoms with E-state index in [0.29, 0.717) is 11.3 Å². The van der Waals surface area contributed by atoms with Gasteiger partial charge in [-0.1, -0.05) is 6.42 Å². The van der Waals surface area contributed by atoms with Gasteiger partial charge in [-0.05, 0) is 37.5 Å². The van der Waals surface area contributed by atoms with Crippen molar-refractivity contribution in [2.45, 2.75) is 31.6 Å². The SMILES string of the molecule is COc1cc(C)cc(F)c1C1(CO)CCC1. The van der Waals surface area contributed by atoms with Gasteiger partial charge < -0.3 is 9.84 Å². The largest absolute Gasteiger partial charge is 0.496 e. The Morgan fingerprint density at radius 1 is 1.44 bits per heavy atom. The van der Waals surface area contributed by atoms with Gasteiger partial charge in [0.05, 0.1) is 13.7 Å². The molecular weight excluding hydrogens is 207 g/mol. The molecule has 0 amide bonds. The van der Waals surface area contributed by atoms with E-state index < -0.39 is 5.41 Å². The molecule has 0 aliphatic heterocycles. The fourth-order valence-electron chi connectivity index (χ4n) is 2.48. The Labute approximate surface area is 95.1 Å². The molecule has 1 aliphatic carbocycles. The zero-order chi connectivity index (χ0) is 11.8. The van der Waals surface area contributed by atoms with Gasteiger partial charge in [-0.25, -0.2) is 4.39 Å². The van der Waals surface area contributed by atoms with Crippen LogP contribution >= 0.6 is 0 Å². The summed E-state index contributed by atoms with van der Waals surface area (Å²) >= 11 is 0. The maximum absolute atomic E-state index is 14.0. The van der Waals surface area contributed by atoms with E-state index in [-0.39, 0.29) is 12.4 Å². The molecule has 16 heavy (non-hydrogen) atoms. The van der Waals surface area contributed by atoms with Crippen LogP contribution in [0.4, 0.5) is 4.39 Å². The number of ether oxygens (including phenoxy) is 1. The highest BCUT2D eigenvalue weighted by atomic mass is 19.1. The molecule has 1 fully saturated rings. The monoisotopic (exact) mass is 224 g/mol. The van der Waals surface area contributed by atoms with Crippen molar-refractivity contribution < 1.29 is 14.2 Å². The molecule has 0 atom stereocenters. The maximum Gasteiger partial charge on any atom is 0.131 e. The molecule has 1 aromatic rings. The predicted molar refractivity (Wildman–Crippen MR) is 60.3 cm³/mol.